The number of aromatic nitrogens is 3. The molecule has 5 atom stereocenters. The van der Waals surface area contributed by atoms with Crippen LogP contribution in [0.3, 0.4) is 0 Å². The summed E-state index contributed by atoms with van der Waals surface area (Å²) in [6.45, 7) is -0.353. The van der Waals surface area contributed by atoms with Gasteiger partial charge in [-0.1, -0.05) is 12.1 Å². The number of aromatic hydroxyl groups is 1. The zero-order chi connectivity index (χ0) is 21.1. The standard InChI is InChI=1S/C17H21N5O7/c18-10(5-8-1-3-9(23)4-2-8)17(27)28-6-11-12(24)13(25)16(29-11)22-7-20-15(21-22)14(19)26/h1-4,7,10-13,16,23-25H,5-6,18H2,(H2,19,26)/t10-,11+,12+,13+,16+/m0/s1. The molecule has 1 aliphatic heterocycles. The zero-order valence-electron chi connectivity index (χ0n) is 15.2. The summed E-state index contributed by atoms with van der Waals surface area (Å²) in [5.74, 6) is -1.75. The van der Waals surface area contributed by atoms with Gasteiger partial charge < -0.3 is 36.3 Å². The minimum atomic E-state index is -1.40. The number of ether oxygens (including phenoxy) is 2. The van der Waals surface area contributed by atoms with E-state index in [1.165, 1.54) is 12.1 Å². The predicted molar refractivity (Wildman–Crippen MR) is 95.2 cm³/mol. The molecule has 1 aliphatic rings. The highest BCUT2D eigenvalue weighted by Crippen LogP contribution is 2.29. The lowest BCUT2D eigenvalue weighted by Gasteiger charge is -2.17. The van der Waals surface area contributed by atoms with E-state index in [0.717, 1.165) is 16.6 Å². The Hall–Kier alpha value is -3.06. The Kier molecular flexibility index (Phi) is 6.08. The molecule has 1 aromatic heterocycles. The number of carbonyl (C=O) groups excluding carboxylic acids is 2. The molecular formula is C17H21N5O7. The van der Waals surface area contributed by atoms with E-state index in [0.29, 0.717) is 0 Å². The number of aliphatic hydroxyl groups excluding tert-OH is 2. The molecule has 0 spiro atoms. The fourth-order valence-electron chi connectivity index (χ4n) is 2.84. The minimum Gasteiger partial charge on any atom is -0.508 e. The van der Waals surface area contributed by atoms with Crippen LogP contribution in [0, 0.1) is 0 Å². The van der Waals surface area contributed by atoms with Crippen LogP contribution in [0.1, 0.15) is 22.4 Å². The Balaban J connectivity index is 1.54. The molecular weight excluding hydrogens is 386 g/mol. The number of amides is 1. The second kappa shape index (κ2) is 8.53. The molecule has 0 bridgehead atoms. The largest absolute Gasteiger partial charge is 0.508 e. The van der Waals surface area contributed by atoms with Crippen LogP contribution in [0.2, 0.25) is 0 Å². The van der Waals surface area contributed by atoms with E-state index in [2.05, 4.69) is 10.1 Å². The average Bonchev–Trinajstić information content (AvgIpc) is 3.28. The van der Waals surface area contributed by atoms with Crippen LogP contribution in [0.5, 0.6) is 5.75 Å². The zero-order valence-corrected chi connectivity index (χ0v) is 15.2. The molecule has 3 rings (SSSR count). The van der Waals surface area contributed by atoms with Gasteiger partial charge in [0.2, 0.25) is 5.82 Å². The van der Waals surface area contributed by atoms with Gasteiger partial charge in [0.1, 0.15) is 43.0 Å². The second-order valence-electron chi connectivity index (χ2n) is 6.57. The van der Waals surface area contributed by atoms with E-state index in [9.17, 15) is 24.9 Å². The molecule has 2 aromatic rings. The van der Waals surface area contributed by atoms with E-state index in [-0.39, 0.29) is 24.6 Å². The first-order valence-electron chi connectivity index (χ1n) is 8.69. The Morgan fingerprint density at radius 3 is 2.55 bits per heavy atom. The lowest BCUT2D eigenvalue weighted by atomic mass is 10.1. The van der Waals surface area contributed by atoms with Crippen LogP contribution in [-0.2, 0) is 20.7 Å². The van der Waals surface area contributed by atoms with Gasteiger partial charge in [-0.2, -0.15) is 0 Å². The third-order valence-corrected chi connectivity index (χ3v) is 4.41. The van der Waals surface area contributed by atoms with Crippen molar-refractivity contribution >= 4 is 11.9 Å². The smallest absolute Gasteiger partial charge is 0.323 e. The lowest BCUT2D eigenvalue weighted by Crippen LogP contribution is -2.38. The Bertz CT molecular complexity index is 871. The van der Waals surface area contributed by atoms with E-state index in [1.807, 2.05) is 0 Å². The van der Waals surface area contributed by atoms with Gasteiger partial charge in [-0.05, 0) is 24.1 Å². The number of phenolic OH excluding ortho intramolecular Hbond substituents is 1. The molecule has 0 aliphatic carbocycles. The quantitative estimate of drug-likeness (QED) is 0.315. The molecule has 29 heavy (non-hydrogen) atoms. The summed E-state index contributed by atoms with van der Waals surface area (Å²) in [6, 6.07) is 5.25. The Morgan fingerprint density at radius 1 is 1.24 bits per heavy atom. The number of rotatable bonds is 7. The maximum absolute atomic E-state index is 12.1. The first kappa shape index (κ1) is 20.7. The molecule has 12 heteroatoms. The SMILES string of the molecule is NC(=O)c1ncn([C@@H]2O[C@H](COC(=O)[C@@H](N)Cc3ccc(O)cc3)[C@@H](O)[C@H]2O)n1. The van der Waals surface area contributed by atoms with Crippen LogP contribution < -0.4 is 11.5 Å². The van der Waals surface area contributed by atoms with Gasteiger partial charge in [0, 0.05) is 0 Å². The van der Waals surface area contributed by atoms with Gasteiger partial charge in [-0.15, -0.1) is 5.10 Å². The molecule has 1 aromatic carbocycles. The van der Waals surface area contributed by atoms with E-state index in [1.54, 1.807) is 12.1 Å². The summed E-state index contributed by atoms with van der Waals surface area (Å²) in [7, 11) is 0. The van der Waals surface area contributed by atoms with Crippen molar-refractivity contribution in [3.63, 3.8) is 0 Å². The highest BCUT2D eigenvalue weighted by Gasteiger charge is 2.45. The number of primary amides is 1. The molecule has 1 amide bonds. The van der Waals surface area contributed by atoms with Crippen LogP contribution in [0.4, 0.5) is 0 Å². The number of hydrogen-bond acceptors (Lipinski definition) is 10. The average molecular weight is 407 g/mol. The first-order valence-corrected chi connectivity index (χ1v) is 8.69. The molecule has 0 unspecified atom stereocenters. The van der Waals surface area contributed by atoms with Crippen LogP contribution in [-0.4, -0.2) is 72.9 Å². The summed E-state index contributed by atoms with van der Waals surface area (Å²) in [5.41, 5.74) is 11.6. The molecule has 156 valence electrons. The molecule has 1 fully saturated rings. The lowest BCUT2D eigenvalue weighted by molar-refractivity contribution is -0.151. The van der Waals surface area contributed by atoms with Crippen molar-refractivity contribution in [2.45, 2.75) is 37.0 Å². The molecule has 0 saturated carbocycles. The van der Waals surface area contributed by atoms with E-state index >= 15 is 0 Å². The van der Waals surface area contributed by atoms with Gasteiger partial charge in [0.15, 0.2) is 6.23 Å². The summed E-state index contributed by atoms with van der Waals surface area (Å²) in [4.78, 5) is 26.9. The number of phenols is 1. The van der Waals surface area contributed by atoms with Gasteiger partial charge >= 0.3 is 5.97 Å². The molecule has 1 saturated heterocycles. The number of esters is 1. The molecule has 7 N–H and O–H groups in total. The molecule has 2 heterocycles. The number of hydrogen-bond donors (Lipinski definition) is 5. The first-order chi connectivity index (χ1) is 13.8. The Morgan fingerprint density at radius 2 is 1.93 bits per heavy atom. The van der Waals surface area contributed by atoms with E-state index in [4.69, 9.17) is 20.9 Å². The highest BCUT2D eigenvalue weighted by molar-refractivity contribution is 5.88. The second-order valence-corrected chi connectivity index (χ2v) is 6.57. The number of carbonyl (C=O) groups is 2. The summed E-state index contributed by atoms with van der Waals surface area (Å²) < 4.78 is 11.6. The van der Waals surface area contributed by atoms with Gasteiger partial charge in [0.05, 0.1) is 0 Å². The van der Waals surface area contributed by atoms with Crippen molar-refractivity contribution in [1.82, 2.24) is 14.8 Å². The monoisotopic (exact) mass is 407 g/mol. The third-order valence-electron chi connectivity index (χ3n) is 4.41. The summed E-state index contributed by atoms with van der Waals surface area (Å²) in [5, 5.41) is 33.3. The topological polar surface area (TPSA) is 196 Å². The van der Waals surface area contributed by atoms with Crippen molar-refractivity contribution in [1.29, 1.82) is 0 Å². The Labute approximate surface area is 164 Å². The van der Waals surface area contributed by atoms with Crippen molar-refractivity contribution in [2.75, 3.05) is 6.61 Å². The number of nitrogens with zero attached hydrogens (tertiary/aromatic N) is 3. The van der Waals surface area contributed by atoms with Gasteiger partial charge in [-0.3, -0.25) is 9.59 Å². The highest BCUT2D eigenvalue weighted by atomic mass is 16.6. The number of benzene rings is 1. The summed E-state index contributed by atoms with van der Waals surface area (Å²) in [6.07, 6.45) is -3.63. The van der Waals surface area contributed by atoms with Crippen molar-refractivity contribution in [3.8, 4) is 5.75 Å². The van der Waals surface area contributed by atoms with E-state index < -0.39 is 42.5 Å². The number of aliphatic hydroxyl groups is 2. The third kappa shape index (κ3) is 4.68. The van der Waals surface area contributed by atoms with Crippen molar-refractivity contribution < 1.29 is 34.4 Å². The normalized spacial score (nSPS) is 24.9. The molecule has 12 nitrogen and oxygen atoms in total. The van der Waals surface area contributed by atoms with Crippen LogP contribution >= 0.6 is 0 Å². The fourth-order valence-corrected chi connectivity index (χ4v) is 2.84. The predicted octanol–water partition coefficient (Wildman–Crippen LogP) is -2.18. The van der Waals surface area contributed by atoms with Crippen molar-refractivity contribution in [2.24, 2.45) is 11.5 Å². The van der Waals surface area contributed by atoms with Gasteiger partial charge in [0.25, 0.3) is 5.91 Å². The van der Waals surface area contributed by atoms with Gasteiger partial charge in [-0.25, -0.2) is 9.67 Å². The van der Waals surface area contributed by atoms with Crippen molar-refractivity contribution in [3.05, 3.63) is 42.0 Å². The van der Waals surface area contributed by atoms with Crippen LogP contribution in [0.15, 0.2) is 30.6 Å². The maximum Gasteiger partial charge on any atom is 0.323 e. The minimum absolute atomic E-state index is 0.0979. The fraction of sp³-hybridized carbons (Fsp3) is 0.412. The maximum atomic E-state index is 12.1. The summed E-state index contributed by atoms with van der Waals surface area (Å²) >= 11 is 0. The number of nitrogens with two attached hydrogens (primary N) is 2. The van der Waals surface area contributed by atoms with Crippen LogP contribution in [0.25, 0.3) is 0 Å². The molecule has 0 radical (unpaired) electrons.